The number of ketones is 1. The third-order valence-electron chi connectivity index (χ3n) is 0.812. The molecule has 0 spiro atoms. The van der Waals surface area contributed by atoms with Gasteiger partial charge in [0, 0.05) is 13.1 Å². The maximum atomic E-state index is 10.4. The van der Waals surface area contributed by atoms with Crippen molar-refractivity contribution < 1.29 is 4.79 Å². The van der Waals surface area contributed by atoms with E-state index in [2.05, 4.69) is 11.6 Å². The molecule has 0 aromatic carbocycles. The fraction of sp³-hybridized carbons (Fsp3) is 0.143. The summed E-state index contributed by atoms with van der Waals surface area (Å²) in [4.78, 5) is 14.1. The summed E-state index contributed by atoms with van der Waals surface area (Å²) in [6.45, 7) is 4.78. The minimum atomic E-state index is -0.179. The molecular weight excluding hydrogens is 128 g/mol. The van der Waals surface area contributed by atoms with Gasteiger partial charge in [-0.1, -0.05) is 12.7 Å². The molecule has 2 N–H and O–H groups in total. The van der Waals surface area contributed by atoms with E-state index in [1.54, 1.807) is 0 Å². The maximum Gasteiger partial charge on any atom is 0.176 e. The second-order valence-electron chi connectivity index (χ2n) is 1.67. The van der Waals surface area contributed by atoms with Gasteiger partial charge in [-0.3, -0.25) is 9.79 Å². The Kier molecular flexibility index (Phi) is 3.87. The summed E-state index contributed by atoms with van der Waals surface area (Å²) in [5, 5.41) is 0. The lowest BCUT2D eigenvalue weighted by Gasteiger charge is -1.87. The van der Waals surface area contributed by atoms with E-state index in [9.17, 15) is 4.79 Å². The number of rotatable bonds is 3. The number of Topliss-reactive ketones (excluding diaryl/α,β-unsaturated/α-hetero) is 1. The number of aliphatic imine (C=N–C) groups is 1. The van der Waals surface area contributed by atoms with E-state index in [1.165, 1.54) is 25.4 Å². The molecule has 0 aromatic rings. The molecule has 0 aliphatic rings. The molecule has 0 heterocycles. The summed E-state index contributed by atoms with van der Waals surface area (Å²) in [5.74, 6) is -0.179. The Bertz CT molecular complexity index is 192. The third kappa shape index (κ3) is 3.60. The number of nitrogens with zero attached hydrogens (tertiary/aromatic N) is 1. The zero-order chi connectivity index (χ0) is 7.98. The second-order valence-corrected chi connectivity index (χ2v) is 1.67. The molecule has 0 bridgehead atoms. The molecule has 0 aromatic heterocycles. The van der Waals surface area contributed by atoms with Crippen molar-refractivity contribution in [3.8, 4) is 0 Å². The summed E-state index contributed by atoms with van der Waals surface area (Å²) >= 11 is 0. The maximum absolute atomic E-state index is 10.4. The van der Waals surface area contributed by atoms with E-state index in [4.69, 9.17) is 5.73 Å². The summed E-state index contributed by atoms with van der Waals surface area (Å²) in [7, 11) is 0. The zero-order valence-electron chi connectivity index (χ0n) is 5.87. The number of hydrogen-bond acceptors (Lipinski definition) is 3. The van der Waals surface area contributed by atoms with Gasteiger partial charge in [-0.15, -0.1) is 0 Å². The van der Waals surface area contributed by atoms with Crippen LogP contribution in [0.1, 0.15) is 6.92 Å². The lowest BCUT2D eigenvalue weighted by atomic mass is 10.3. The van der Waals surface area contributed by atoms with Gasteiger partial charge < -0.3 is 5.73 Å². The van der Waals surface area contributed by atoms with Gasteiger partial charge in [0.2, 0.25) is 0 Å². The van der Waals surface area contributed by atoms with Crippen LogP contribution < -0.4 is 5.73 Å². The van der Waals surface area contributed by atoms with Gasteiger partial charge in [0.25, 0.3) is 0 Å². The van der Waals surface area contributed by atoms with Gasteiger partial charge in [0.15, 0.2) is 5.78 Å². The highest BCUT2D eigenvalue weighted by Gasteiger charge is 1.92. The van der Waals surface area contributed by atoms with Crippen LogP contribution in [0.4, 0.5) is 0 Å². The highest BCUT2D eigenvalue weighted by atomic mass is 16.1. The predicted molar refractivity (Wildman–Crippen MR) is 41.6 cm³/mol. The van der Waals surface area contributed by atoms with Crippen LogP contribution in [0, 0.1) is 0 Å². The minimum Gasteiger partial charge on any atom is -0.395 e. The van der Waals surface area contributed by atoms with Crippen molar-refractivity contribution in [2.45, 2.75) is 6.92 Å². The minimum absolute atomic E-state index is 0.151. The van der Waals surface area contributed by atoms with Crippen LogP contribution in [-0.2, 0) is 4.79 Å². The average molecular weight is 138 g/mol. The van der Waals surface area contributed by atoms with Crippen LogP contribution in [0.2, 0.25) is 0 Å². The largest absolute Gasteiger partial charge is 0.395 e. The first-order valence-corrected chi connectivity index (χ1v) is 2.79. The molecular formula is C7H10N2O. The van der Waals surface area contributed by atoms with E-state index >= 15 is 0 Å². The average Bonchev–Trinajstić information content (AvgIpc) is 1.88. The van der Waals surface area contributed by atoms with E-state index in [0.717, 1.165) is 0 Å². The van der Waals surface area contributed by atoms with Crippen molar-refractivity contribution in [1.29, 1.82) is 0 Å². The van der Waals surface area contributed by atoms with Crippen LogP contribution >= 0.6 is 0 Å². The first-order valence-electron chi connectivity index (χ1n) is 2.79. The van der Waals surface area contributed by atoms with Crippen LogP contribution in [0.15, 0.2) is 29.5 Å². The fourth-order valence-electron chi connectivity index (χ4n) is 0.275. The molecule has 0 unspecified atom stereocenters. The summed E-state index contributed by atoms with van der Waals surface area (Å²) in [5.41, 5.74) is 5.37. The molecule has 0 aliphatic heterocycles. The number of carbonyl (C=O) groups is 1. The van der Waals surface area contributed by atoms with Crippen molar-refractivity contribution in [3.63, 3.8) is 0 Å². The molecule has 0 atom stereocenters. The van der Waals surface area contributed by atoms with Crippen molar-refractivity contribution in [2.24, 2.45) is 10.7 Å². The normalized spacial score (nSPS) is 11.9. The zero-order valence-corrected chi connectivity index (χ0v) is 5.87. The molecule has 54 valence electrons. The number of allylic oxidation sites excluding steroid dienone is 2. The Morgan fingerprint density at radius 3 is 2.70 bits per heavy atom. The Morgan fingerprint density at radius 1 is 1.70 bits per heavy atom. The molecule has 3 nitrogen and oxygen atoms in total. The van der Waals surface area contributed by atoms with Gasteiger partial charge >= 0.3 is 0 Å². The van der Waals surface area contributed by atoms with Gasteiger partial charge in [0.1, 0.15) is 0 Å². The smallest absolute Gasteiger partial charge is 0.176 e. The molecule has 0 rings (SSSR count). The molecule has 10 heavy (non-hydrogen) atoms. The first kappa shape index (κ1) is 8.62. The summed E-state index contributed by atoms with van der Waals surface area (Å²) in [6, 6.07) is 0. The summed E-state index contributed by atoms with van der Waals surface area (Å²) < 4.78 is 0. The summed E-state index contributed by atoms with van der Waals surface area (Å²) in [6.07, 6.45) is 4.25. The SMILES string of the molecule is C=CC=N/C=C(\N)C(C)=O. The Labute approximate surface area is 59.9 Å². The molecule has 0 saturated heterocycles. The molecule has 0 saturated carbocycles. The standard InChI is InChI=1S/C7H10N2O/c1-3-4-9-5-7(8)6(2)10/h3-5H,1,8H2,2H3/b7-5-,9-4?. The van der Waals surface area contributed by atoms with Crippen LogP contribution in [0.5, 0.6) is 0 Å². The highest BCUT2D eigenvalue weighted by molar-refractivity contribution is 5.92. The Hall–Kier alpha value is -1.38. The molecule has 0 fully saturated rings. The third-order valence-corrected chi connectivity index (χ3v) is 0.812. The second kappa shape index (κ2) is 4.49. The van der Waals surface area contributed by atoms with Gasteiger partial charge in [0.05, 0.1) is 11.9 Å². The molecule has 0 amide bonds. The number of carbonyl (C=O) groups excluding carboxylic acids is 1. The lowest BCUT2D eigenvalue weighted by molar-refractivity contribution is -0.113. The predicted octanol–water partition coefficient (Wildman–Crippen LogP) is 0.632. The first-order chi connectivity index (χ1) is 4.68. The highest BCUT2D eigenvalue weighted by Crippen LogP contribution is 1.84. The van der Waals surface area contributed by atoms with E-state index in [0.29, 0.717) is 0 Å². The Balaban J connectivity index is 4.04. The fourth-order valence-corrected chi connectivity index (χ4v) is 0.275. The number of nitrogens with two attached hydrogens (primary N) is 1. The quantitative estimate of drug-likeness (QED) is 0.459. The topological polar surface area (TPSA) is 55.4 Å². The van der Waals surface area contributed by atoms with E-state index < -0.39 is 0 Å². The van der Waals surface area contributed by atoms with Crippen molar-refractivity contribution >= 4 is 12.0 Å². The molecule has 3 heteroatoms. The van der Waals surface area contributed by atoms with Crippen molar-refractivity contribution in [1.82, 2.24) is 0 Å². The van der Waals surface area contributed by atoms with Crippen molar-refractivity contribution in [2.75, 3.05) is 0 Å². The number of hydrogen-bond donors (Lipinski definition) is 1. The van der Waals surface area contributed by atoms with Gasteiger partial charge in [-0.2, -0.15) is 0 Å². The van der Waals surface area contributed by atoms with Crippen molar-refractivity contribution in [3.05, 3.63) is 24.6 Å². The lowest BCUT2D eigenvalue weighted by Crippen LogP contribution is -2.05. The van der Waals surface area contributed by atoms with Gasteiger partial charge in [-0.25, -0.2) is 0 Å². The molecule has 0 aliphatic carbocycles. The van der Waals surface area contributed by atoms with Crippen LogP contribution in [0.3, 0.4) is 0 Å². The van der Waals surface area contributed by atoms with Crippen LogP contribution in [0.25, 0.3) is 0 Å². The van der Waals surface area contributed by atoms with Crippen LogP contribution in [-0.4, -0.2) is 12.0 Å². The molecule has 0 radical (unpaired) electrons. The Morgan fingerprint density at radius 2 is 2.30 bits per heavy atom. The monoisotopic (exact) mass is 138 g/mol. The van der Waals surface area contributed by atoms with E-state index in [-0.39, 0.29) is 11.5 Å². The van der Waals surface area contributed by atoms with E-state index in [1.807, 2.05) is 0 Å². The van der Waals surface area contributed by atoms with Gasteiger partial charge in [-0.05, 0) is 0 Å².